The Morgan fingerprint density at radius 3 is 2.75 bits per heavy atom. The molecule has 108 valence electrons. The third-order valence-electron chi connectivity index (χ3n) is 4.62. The van der Waals surface area contributed by atoms with Crippen LogP contribution < -0.4 is 10.1 Å². The van der Waals surface area contributed by atoms with Gasteiger partial charge in [0.05, 0.1) is 7.11 Å². The largest absolute Gasteiger partial charge is 0.497 e. The van der Waals surface area contributed by atoms with Crippen LogP contribution in [-0.4, -0.2) is 25.0 Å². The molecule has 2 bridgehead atoms. The molecule has 0 saturated carbocycles. The number of piperidine rings is 1. The zero-order valence-electron chi connectivity index (χ0n) is 12.1. The van der Waals surface area contributed by atoms with Crippen molar-refractivity contribution >= 4 is 5.78 Å². The highest BCUT2D eigenvalue weighted by Crippen LogP contribution is 2.33. The lowest BCUT2D eigenvalue weighted by atomic mass is 9.87. The molecule has 1 aromatic rings. The number of methoxy groups -OCH3 is 1. The molecule has 2 fully saturated rings. The van der Waals surface area contributed by atoms with Gasteiger partial charge in [-0.15, -0.1) is 0 Å². The molecule has 3 nitrogen and oxygen atoms in total. The Labute approximate surface area is 120 Å². The van der Waals surface area contributed by atoms with Gasteiger partial charge in [-0.1, -0.05) is 12.1 Å². The fraction of sp³-hybridized carbons (Fsp3) is 0.588. The van der Waals surface area contributed by atoms with E-state index < -0.39 is 0 Å². The smallest absolute Gasteiger partial charge is 0.137 e. The van der Waals surface area contributed by atoms with Crippen LogP contribution in [0.15, 0.2) is 24.3 Å². The fourth-order valence-corrected chi connectivity index (χ4v) is 3.75. The molecule has 2 saturated heterocycles. The fourth-order valence-electron chi connectivity index (χ4n) is 3.75. The average molecular weight is 273 g/mol. The number of hydrogen-bond donors (Lipinski definition) is 1. The van der Waals surface area contributed by atoms with E-state index in [0.717, 1.165) is 17.7 Å². The van der Waals surface area contributed by atoms with E-state index in [1.54, 1.807) is 7.11 Å². The standard InChI is InChI=1S/C17H23NO2/c1-20-17-4-2-3-12(11-17)9-16(19)10-13-7-14-5-6-15(8-13)18-14/h2-4,11,13-15,18H,5-10H2,1H3. The first-order chi connectivity index (χ1) is 9.72. The number of ketones is 1. The van der Waals surface area contributed by atoms with Gasteiger partial charge < -0.3 is 10.1 Å². The summed E-state index contributed by atoms with van der Waals surface area (Å²) in [4.78, 5) is 12.3. The van der Waals surface area contributed by atoms with Crippen LogP contribution in [0.2, 0.25) is 0 Å². The lowest BCUT2D eigenvalue weighted by molar-refractivity contribution is -0.119. The van der Waals surface area contributed by atoms with Gasteiger partial charge in [-0.25, -0.2) is 0 Å². The Morgan fingerprint density at radius 1 is 1.30 bits per heavy atom. The summed E-state index contributed by atoms with van der Waals surface area (Å²) >= 11 is 0. The van der Waals surface area contributed by atoms with Crippen LogP contribution in [-0.2, 0) is 11.2 Å². The van der Waals surface area contributed by atoms with Crippen LogP contribution in [0, 0.1) is 5.92 Å². The summed E-state index contributed by atoms with van der Waals surface area (Å²) in [6.07, 6.45) is 6.24. The Morgan fingerprint density at radius 2 is 2.05 bits per heavy atom. The normalized spacial score (nSPS) is 28.4. The van der Waals surface area contributed by atoms with Crippen molar-refractivity contribution in [3.05, 3.63) is 29.8 Å². The maximum atomic E-state index is 12.3. The van der Waals surface area contributed by atoms with Crippen molar-refractivity contribution in [2.75, 3.05) is 7.11 Å². The molecule has 2 aliphatic heterocycles. The second-order valence-corrected chi connectivity index (χ2v) is 6.25. The topological polar surface area (TPSA) is 38.3 Å². The molecule has 3 rings (SSSR count). The summed E-state index contributed by atoms with van der Waals surface area (Å²) in [6.45, 7) is 0. The minimum Gasteiger partial charge on any atom is -0.497 e. The summed E-state index contributed by atoms with van der Waals surface area (Å²) < 4.78 is 5.20. The second kappa shape index (κ2) is 5.96. The monoisotopic (exact) mass is 273 g/mol. The van der Waals surface area contributed by atoms with Crippen LogP contribution in [0.4, 0.5) is 0 Å². The molecule has 0 amide bonds. The molecular formula is C17H23NO2. The molecule has 0 aromatic heterocycles. The van der Waals surface area contributed by atoms with Crippen molar-refractivity contribution in [2.45, 2.75) is 50.6 Å². The molecule has 2 atom stereocenters. The SMILES string of the molecule is COc1cccc(CC(=O)CC2CC3CCC(C2)N3)c1. The van der Waals surface area contributed by atoms with Crippen molar-refractivity contribution in [3.8, 4) is 5.75 Å². The van der Waals surface area contributed by atoms with Crippen molar-refractivity contribution in [1.29, 1.82) is 0 Å². The molecule has 0 radical (unpaired) electrons. The van der Waals surface area contributed by atoms with Crippen molar-refractivity contribution in [3.63, 3.8) is 0 Å². The number of rotatable bonds is 5. The van der Waals surface area contributed by atoms with E-state index >= 15 is 0 Å². The maximum Gasteiger partial charge on any atom is 0.137 e. The van der Waals surface area contributed by atoms with Gasteiger partial charge in [0, 0.05) is 24.9 Å². The lowest BCUT2D eigenvalue weighted by Crippen LogP contribution is -2.38. The summed E-state index contributed by atoms with van der Waals surface area (Å²) in [7, 11) is 1.66. The molecule has 20 heavy (non-hydrogen) atoms. The first-order valence-electron chi connectivity index (χ1n) is 7.63. The first kappa shape index (κ1) is 13.6. The number of fused-ring (bicyclic) bond motifs is 2. The van der Waals surface area contributed by atoms with Crippen molar-refractivity contribution in [1.82, 2.24) is 5.32 Å². The van der Waals surface area contributed by atoms with Crippen LogP contribution >= 0.6 is 0 Å². The first-order valence-corrected chi connectivity index (χ1v) is 7.63. The number of nitrogens with one attached hydrogen (secondary N) is 1. The molecule has 2 aliphatic rings. The molecule has 0 spiro atoms. The average Bonchev–Trinajstić information content (AvgIpc) is 2.78. The third kappa shape index (κ3) is 3.21. The Hall–Kier alpha value is -1.35. The van der Waals surface area contributed by atoms with Crippen LogP contribution in [0.5, 0.6) is 5.75 Å². The van der Waals surface area contributed by atoms with Gasteiger partial charge in [0.2, 0.25) is 0 Å². The predicted molar refractivity (Wildman–Crippen MR) is 79.0 cm³/mol. The van der Waals surface area contributed by atoms with Crippen molar-refractivity contribution < 1.29 is 9.53 Å². The molecule has 0 aliphatic carbocycles. The molecule has 1 aromatic carbocycles. The van der Waals surface area contributed by atoms with Gasteiger partial charge in [-0.3, -0.25) is 4.79 Å². The highest BCUT2D eigenvalue weighted by Gasteiger charge is 2.33. The second-order valence-electron chi connectivity index (χ2n) is 6.25. The molecule has 2 heterocycles. The zero-order chi connectivity index (χ0) is 13.9. The summed E-state index contributed by atoms with van der Waals surface area (Å²) in [5.41, 5.74) is 1.06. The van der Waals surface area contributed by atoms with E-state index in [-0.39, 0.29) is 0 Å². The van der Waals surface area contributed by atoms with Gasteiger partial charge >= 0.3 is 0 Å². The number of carbonyl (C=O) groups excluding carboxylic acids is 1. The molecule has 1 N–H and O–H groups in total. The molecule has 2 unspecified atom stereocenters. The maximum absolute atomic E-state index is 12.3. The predicted octanol–water partition coefficient (Wildman–Crippen LogP) is 2.73. The third-order valence-corrected chi connectivity index (χ3v) is 4.62. The number of carbonyl (C=O) groups is 1. The van der Waals surface area contributed by atoms with Gasteiger partial charge in [0.1, 0.15) is 11.5 Å². The summed E-state index contributed by atoms with van der Waals surface area (Å²) in [6, 6.07) is 9.17. The quantitative estimate of drug-likeness (QED) is 0.896. The number of benzene rings is 1. The number of ether oxygens (including phenoxy) is 1. The Balaban J connectivity index is 1.54. The van der Waals surface area contributed by atoms with Crippen molar-refractivity contribution in [2.24, 2.45) is 5.92 Å². The van der Waals surface area contributed by atoms with E-state index in [1.165, 1.54) is 25.7 Å². The molecular weight excluding hydrogens is 250 g/mol. The van der Waals surface area contributed by atoms with E-state index in [4.69, 9.17) is 4.74 Å². The van der Waals surface area contributed by atoms with Gasteiger partial charge in [0.15, 0.2) is 0 Å². The molecule has 3 heteroatoms. The van der Waals surface area contributed by atoms with Crippen LogP contribution in [0.25, 0.3) is 0 Å². The van der Waals surface area contributed by atoms with E-state index in [0.29, 0.717) is 30.2 Å². The highest BCUT2D eigenvalue weighted by atomic mass is 16.5. The van der Waals surface area contributed by atoms with E-state index in [9.17, 15) is 4.79 Å². The highest BCUT2D eigenvalue weighted by molar-refractivity contribution is 5.81. The Bertz CT molecular complexity index is 474. The van der Waals surface area contributed by atoms with Gasteiger partial charge in [-0.2, -0.15) is 0 Å². The number of Topliss-reactive ketones (excluding diaryl/α,β-unsaturated/α-hetero) is 1. The van der Waals surface area contributed by atoms with Gasteiger partial charge in [0.25, 0.3) is 0 Å². The van der Waals surface area contributed by atoms with Crippen LogP contribution in [0.1, 0.15) is 37.7 Å². The minimum absolute atomic E-state index is 0.365. The summed E-state index contributed by atoms with van der Waals surface area (Å²) in [5, 5.41) is 3.63. The van der Waals surface area contributed by atoms with E-state index in [2.05, 4.69) is 5.32 Å². The lowest BCUT2D eigenvalue weighted by Gasteiger charge is -2.28. The zero-order valence-corrected chi connectivity index (χ0v) is 12.1. The van der Waals surface area contributed by atoms with Crippen LogP contribution in [0.3, 0.4) is 0 Å². The van der Waals surface area contributed by atoms with E-state index in [1.807, 2.05) is 24.3 Å². The minimum atomic E-state index is 0.365. The number of hydrogen-bond acceptors (Lipinski definition) is 3. The Kier molecular flexibility index (Phi) is 4.06. The van der Waals surface area contributed by atoms with Gasteiger partial charge in [-0.05, 0) is 49.3 Å². The summed E-state index contributed by atoms with van der Waals surface area (Å²) in [5.74, 6) is 1.78.